The standard InChI is InChI=1S/C17H15N5O4/c1-26-17(25)12-3-5-13(6-4-12)19-15(23)11-22-16(24)8-7-14(20-22)21-10-2-9-18-21/h2-10H,11H2,1H3,(H,19,23). The molecule has 0 aliphatic carbocycles. The first-order valence-corrected chi connectivity index (χ1v) is 7.63. The zero-order chi connectivity index (χ0) is 18.5. The van der Waals surface area contributed by atoms with Crippen molar-refractivity contribution < 1.29 is 14.3 Å². The van der Waals surface area contributed by atoms with E-state index >= 15 is 0 Å². The Kier molecular flexibility index (Phi) is 4.88. The number of methoxy groups -OCH3 is 1. The first kappa shape index (κ1) is 17.1. The van der Waals surface area contributed by atoms with Gasteiger partial charge in [-0.1, -0.05) is 0 Å². The zero-order valence-corrected chi connectivity index (χ0v) is 13.8. The van der Waals surface area contributed by atoms with Crippen LogP contribution in [-0.4, -0.2) is 38.5 Å². The summed E-state index contributed by atoms with van der Waals surface area (Å²) in [6.45, 7) is -0.257. The molecule has 26 heavy (non-hydrogen) atoms. The molecule has 2 aromatic heterocycles. The molecule has 0 bridgehead atoms. The van der Waals surface area contributed by atoms with Gasteiger partial charge in [0.2, 0.25) is 5.91 Å². The molecule has 1 N–H and O–H groups in total. The number of nitrogens with one attached hydrogen (secondary N) is 1. The Bertz CT molecular complexity index is 977. The highest BCUT2D eigenvalue weighted by Crippen LogP contribution is 2.10. The molecule has 0 fully saturated rings. The third-order valence-corrected chi connectivity index (χ3v) is 3.47. The van der Waals surface area contributed by atoms with Gasteiger partial charge in [-0.05, 0) is 36.4 Å². The third kappa shape index (κ3) is 3.83. The Labute approximate surface area is 147 Å². The summed E-state index contributed by atoms with van der Waals surface area (Å²) in [4.78, 5) is 35.5. The summed E-state index contributed by atoms with van der Waals surface area (Å²) >= 11 is 0. The van der Waals surface area contributed by atoms with Crippen LogP contribution < -0.4 is 10.9 Å². The fourth-order valence-corrected chi connectivity index (χ4v) is 2.22. The first-order chi connectivity index (χ1) is 12.6. The van der Waals surface area contributed by atoms with Crippen LogP contribution in [0.4, 0.5) is 5.69 Å². The summed E-state index contributed by atoms with van der Waals surface area (Å²) in [5, 5.41) is 10.8. The number of aromatic nitrogens is 4. The van der Waals surface area contributed by atoms with Crippen molar-refractivity contribution in [1.82, 2.24) is 19.6 Å². The largest absolute Gasteiger partial charge is 0.465 e. The molecule has 0 saturated heterocycles. The smallest absolute Gasteiger partial charge is 0.337 e. The third-order valence-electron chi connectivity index (χ3n) is 3.47. The maximum Gasteiger partial charge on any atom is 0.337 e. The van der Waals surface area contributed by atoms with Crippen LogP contribution in [0.2, 0.25) is 0 Å². The molecular weight excluding hydrogens is 338 g/mol. The van der Waals surface area contributed by atoms with Gasteiger partial charge in [0.1, 0.15) is 6.54 Å². The van der Waals surface area contributed by atoms with Gasteiger partial charge in [-0.3, -0.25) is 9.59 Å². The van der Waals surface area contributed by atoms with Crippen LogP contribution in [0, 0.1) is 0 Å². The monoisotopic (exact) mass is 353 g/mol. The molecule has 0 saturated carbocycles. The SMILES string of the molecule is COC(=O)c1ccc(NC(=O)Cn2nc(-n3cccn3)ccc2=O)cc1. The van der Waals surface area contributed by atoms with Gasteiger partial charge < -0.3 is 10.1 Å². The van der Waals surface area contributed by atoms with E-state index < -0.39 is 17.4 Å². The fraction of sp³-hybridized carbons (Fsp3) is 0.118. The van der Waals surface area contributed by atoms with Crippen LogP contribution in [0.25, 0.3) is 5.82 Å². The molecule has 0 atom stereocenters. The predicted molar refractivity (Wildman–Crippen MR) is 92.0 cm³/mol. The van der Waals surface area contributed by atoms with Gasteiger partial charge in [0, 0.05) is 24.1 Å². The number of ether oxygens (including phenoxy) is 1. The highest BCUT2D eigenvalue weighted by molar-refractivity contribution is 5.92. The van der Waals surface area contributed by atoms with Gasteiger partial charge in [-0.2, -0.15) is 5.10 Å². The van der Waals surface area contributed by atoms with E-state index in [9.17, 15) is 14.4 Å². The second kappa shape index (κ2) is 7.43. The highest BCUT2D eigenvalue weighted by atomic mass is 16.5. The Balaban J connectivity index is 1.71. The number of benzene rings is 1. The van der Waals surface area contributed by atoms with E-state index in [1.807, 2.05) is 0 Å². The van der Waals surface area contributed by atoms with Gasteiger partial charge in [-0.25, -0.2) is 14.2 Å². The normalized spacial score (nSPS) is 10.3. The lowest BCUT2D eigenvalue weighted by molar-refractivity contribution is -0.117. The molecular formula is C17H15N5O4. The van der Waals surface area contributed by atoms with E-state index in [0.717, 1.165) is 4.68 Å². The van der Waals surface area contributed by atoms with Crippen LogP contribution >= 0.6 is 0 Å². The molecule has 0 unspecified atom stereocenters. The molecule has 0 aliphatic rings. The second-order valence-electron chi connectivity index (χ2n) is 5.26. The van der Waals surface area contributed by atoms with Gasteiger partial charge in [0.25, 0.3) is 5.56 Å². The van der Waals surface area contributed by atoms with Crippen molar-refractivity contribution >= 4 is 17.6 Å². The van der Waals surface area contributed by atoms with Crippen molar-refractivity contribution in [3.05, 3.63) is 70.8 Å². The van der Waals surface area contributed by atoms with Crippen molar-refractivity contribution in [3.63, 3.8) is 0 Å². The molecule has 1 amide bonds. The number of anilines is 1. The number of amides is 1. The van der Waals surface area contributed by atoms with Crippen LogP contribution in [0.1, 0.15) is 10.4 Å². The van der Waals surface area contributed by atoms with Crippen molar-refractivity contribution in [1.29, 1.82) is 0 Å². The fourth-order valence-electron chi connectivity index (χ4n) is 2.22. The number of esters is 1. The van der Waals surface area contributed by atoms with E-state index in [4.69, 9.17) is 0 Å². The number of hydrogen-bond donors (Lipinski definition) is 1. The van der Waals surface area contributed by atoms with Gasteiger partial charge in [-0.15, -0.1) is 5.10 Å². The Hall–Kier alpha value is -3.75. The average Bonchev–Trinajstić information content (AvgIpc) is 3.18. The Morgan fingerprint density at radius 2 is 1.92 bits per heavy atom. The molecule has 132 valence electrons. The number of hydrogen-bond acceptors (Lipinski definition) is 6. The highest BCUT2D eigenvalue weighted by Gasteiger charge is 2.09. The minimum Gasteiger partial charge on any atom is -0.465 e. The maximum atomic E-state index is 12.2. The first-order valence-electron chi connectivity index (χ1n) is 7.63. The second-order valence-corrected chi connectivity index (χ2v) is 5.26. The van der Waals surface area contributed by atoms with Crippen molar-refractivity contribution in [2.24, 2.45) is 0 Å². The summed E-state index contributed by atoms with van der Waals surface area (Å²) in [5.74, 6) is -0.470. The van der Waals surface area contributed by atoms with E-state index in [1.165, 1.54) is 36.1 Å². The zero-order valence-electron chi connectivity index (χ0n) is 13.8. The summed E-state index contributed by atoms with van der Waals surface area (Å²) in [6.07, 6.45) is 3.27. The quantitative estimate of drug-likeness (QED) is 0.682. The molecule has 1 aromatic carbocycles. The van der Waals surface area contributed by atoms with Gasteiger partial charge in [0.05, 0.1) is 12.7 Å². The van der Waals surface area contributed by atoms with Crippen molar-refractivity contribution in [3.8, 4) is 5.82 Å². The molecule has 0 aliphatic heterocycles. The molecule has 0 spiro atoms. The molecule has 3 rings (SSSR count). The van der Waals surface area contributed by atoms with Gasteiger partial charge in [0.15, 0.2) is 5.82 Å². The minimum atomic E-state index is -0.464. The number of carbonyl (C=O) groups is 2. The lowest BCUT2D eigenvalue weighted by Crippen LogP contribution is -2.30. The van der Waals surface area contributed by atoms with E-state index in [2.05, 4.69) is 20.3 Å². The van der Waals surface area contributed by atoms with Crippen LogP contribution in [-0.2, 0) is 16.1 Å². The number of carbonyl (C=O) groups excluding carboxylic acids is 2. The molecule has 0 radical (unpaired) electrons. The summed E-state index contributed by atoms with van der Waals surface area (Å²) in [6, 6.07) is 10.8. The van der Waals surface area contributed by atoms with Crippen molar-refractivity contribution in [2.45, 2.75) is 6.54 Å². The lowest BCUT2D eigenvalue weighted by atomic mass is 10.2. The molecule has 2 heterocycles. The summed E-state index contributed by atoms with van der Waals surface area (Å²) in [7, 11) is 1.29. The Morgan fingerprint density at radius 1 is 1.15 bits per heavy atom. The Morgan fingerprint density at radius 3 is 2.58 bits per heavy atom. The van der Waals surface area contributed by atoms with Crippen LogP contribution in [0.15, 0.2) is 59.7 Å². The van der Waals surface area contributed by atoms with Crippen molar-refractivity contribution in [2.75, 3.05) is 12.4 Å². The summed E-state index contributed by atoms with van der Waals surface area (Å²) < 4.78 is 7.15. The number of rotatable bonds is 5. The van der Waals surface area contributed by atoms with E-state index in [-0.39, 0.29) is 6.54 Å². The predicted octanol–water partition coefficient (Wildman–Crippen LogP) is 0.854. The lowest BCUT2D eigenvalue weighted by Gasteiger charge is -2.08. The maximum absolute atomic E-state index is 12.2. The summed E-state index contributed by atoms with van der Waals surface area (Å²) in [5.41, 5.74) is 0.450. The topological polar surface area (TPSA) is 108 Å². The van der Waals surface area contributed by atoms with Crippen LogP contribution in [0.5, 0.6) is 0 Å². The molecule has 9 nitrogen and oxygen atoms in total. The van der Waals surface area contributed by atoms with Gasteiger partial charge >= 0.3 is 5.97 Å². The number of nitrogens with zero attached hydrogens (tertiary/aromatic N) is 4. The van der Waals surface area contributed by atoms with E-state index in [0.29, 0.717) is 17.1 Å². The van der Waals surface area contributed by atoms with E-state index in [1.54, 1.807) is 30.6 Å². The molecule has 9 heteroatoms. The molecule has 3 aromatic rings. The average molecular weight is 353 g/mol. The minimum absolute atomic E-state index is 0.257. The van der Waals surface area contributed by atoms with Crippen LogP contribution in [0.3, 0.4) is 0 Å².